The molecule has 17 rings (SSSR count). The standard InChI is InChI=1S/C38H22N3O2.C34H20N3O2.2Pt/c1-2-11-26(12-3-1)40-24-41(33-17-6-5-16-32(33)40)27-13-8-14-28(22-27)42-35-23-31-29(20-19-25-10-9-21-39-37(25)31)36-30-15-4-7-18-34(30)43-38(35)36;1-2-9-24(10-3-1)36-18-19-37(22-36)25-11-6-12-26(20-25)38-31-21-29-27(16-15-23-8-7-17-35-33(23)29)32-28-13-4-5-14-30(28)39-34(31)32;;/h1-21,24H;1-19,22H;;/q2*-3;;. The monoisotopic (exact) mass is 1440 g/mol. The molecule has 4 aromatic heterocycles. The maximum atomic E-state index is 6.59. The fourth-order valence-electron chi connectivity index (χ4n) is 11.2. The van der Waals surface area contributed by atoms with Crippen molar-refractivity contribution < 1.29 is 60.4 Å². The van der Waals surface area contributed by atoms with Gasteiger partial charge in [-0.25, -0.2) is 0 Å². The third kappa shape index (κ3) is 9.15. The van der Waals surface area contributed by atoms with Gasteiger partial charge in [0.15, 0.2) is 0 Å². The van der Waals surface area contributed by atoms with Gasteiger partial charge in [-0.3, -0.25) is 0 Å². The Kier molecular flexibility index (Phi) is 13.6. The first-order valence-corrected chi connectivity index (χ1v) is 26.8. The second-order valence-corrected chi connectivity index (χ2v) is 19.9. The van der Waals surface area contributed by atoms with Crippen LogP contribution in [0.15, 0.2) is 252 Å². The normalized spacial score (nSPS) is 12.8. The van der Waals surface area contributed by atoms with Crippen LogP contribution in [0, 0.1) is 37.6 Å². The number of aromatic nitrogens is 2. The average molecular weight is 1450 g/mol. The van der Waals surface area contributed by atoms with E-state index in [0.29, 0.717) is 34.2 Å². The summed E-state index contributed by atoms with van der Waals surface area (Å²) < 4.78 is 25.8. The van der Waals surface area contributed by atoms with Crippen molar-refractivity contribution in [2.24, 2.45) is 0 Å². The number of para-hydroxylation sites is 6. The molecular formula is C72H42N6O4Pt2-6. The van der Waals surface area contributed by atoms with E-state index in [1.54, 1.807) is 0 Å². The van der Waals surface area contributed by atoms with Crippen LogP contribution < -0.4 is 29.1 Å². The van der Waals surface area contributed by atoms with Gasteiger partial charge in [-0.15, -0.1) is 71.9 Å². The van der Waals surface area contributed by atoms with Crippen molar-refractivity contribution in [3.63, 3.8) is 0 Å². The number of ether oxygens (including phenoxy) is 2. The van der Waals surface area contributed by atoms with E-state index in [4.69, 9.17) is 23.3 Å². The van der Waals surface area contributed by atoms with Crippen molar-refractivity contribution in [3.8, 4) is 23.0 Å². The van der Waals surface area contributed by atoms with Gasteiger partial charge in [-0.2, -0.15) is 12.1 Å². The number of hydrogen-bond acceptors (Lipinski definition) is 10. The second-order valence-electron chi connectivity index (χ2n) is 19.9. The van der Waals surface area contributed by atoms with Gasteiger partial charge in [0.1, 0.15) is 11.2 Å². The zero-order valence-electron chi connectivity index (χ0n) is 44.2. The molecule has 0 saturated carbocycles. The summed E-state index contributed by atoms with van der Waals surface area (Å²) >= 11 is 0. The molecule has 410 valence electrons. The van der Waals surface area contributed by atoms with Crippen LogP contribution in [0.5, 0.6) is 23.0 Å². The molecule has 15 aromatic rings. The maximum absolute atomic E-state index is 6.59. The summed E-state index contributed by atoms with van der Waals surface area (Å²) in [4.78, 5) is 17.8. The summed E-state index contributed by atoms with van der Waals surface area (Å²) in [7, 11) is 0. The Morgan fingerprint density at radius 2 is 0.869 bits per heavy atom. The molecule has 0 aliphatic carbocycles. The maximum Gasteiger partial charge on any atom is 0.121 e. The van der Waals surface area contributed by atoms with Gasteiger partial charge < -0.3 is 47.9 Å². The summed E-state index contributed by atoms with van der Waals surface area (Å²) in [6, 6.07) is 87.2. The molecule has 0 unspecified atom stereocenters. The Morgan fingerprint density at radius 1 is 0.381 bits per heavy atom. The predicted octanol–water partition coefficient (Wildman–Crippen LogP) is 18.7. The van der Waals surface area contributed by atoms with E-state index >= 15 is 0 Å². The van der Waals surface area contributed by atoms with Crippen molar-refractivity contribution in [1.82, 2.24) is 9.97 Å². The van der Waals surface area contributed by atoms with Crippen LogP contribution in [0.1, 0.15) is 0 Å². The number of nitrogens with zero attached hydrogens (tertiary/aromatic N) is 6. The van der Waals surface area contributed by atoms with Gasteiger partial charge in [-0.05, 0) is 106 Å². The van der Waals surface area contributed by atoms with Crippen LogP contribution in [-0.2, 0) is 42.1 Å². The van der Waals surface area contributed by atoms with E-state index in [9.17, 15) is 0 Å². The average Bonchev–Trinajstić information content (AvgIpc) is 3.95. The number of rotatable bonds is 8. The number of anilines is 6. The second kappa shape index (κ2) is 21.9. The third-order valence-corrected chi connectivity index (χ3v) is 15.0. The van der Waals surface area contributed by atoms with Gasteiger partial charge in [-0.1, -0.05) is 144 Å². The van der Waals surface area contributed by atoms with E-state index in [1.165, 1.54) is 0 Å². The Balaban J connectivity index is 0.000000147. The molecule has 0 amide bonds. The molecule has 0 spiro atoms. The smallest absolute Gasteiger partial charge is 0.121 e. The molecule has 12 heteroatoms. The van der Waals surface area contributed by atoms with Gasteiger partial charge in [0.05, 0.1) is 22.7 Å². The van der Waals surface area contributed by atoms with Crippen LogP contribution in [0.25, 0.3) is 87.2 Å². The fraction of sp³-hybridized carbons (Fsp3) is 0. The summed E-state index contributed by atoms with van der Waals surface area (Å²) in [5.74, 6) is 2.14. The van der Waals surface area contributed by atoms with Gasteiger partial charge >= 0.3 is 0 Å². The van der Waals surface area contributed by atoms with E-state index in [2.05, 4.69) is 148 Å². The fourth-order valence-corrected chi connectivity index (χ4v) is 11.2. The molecular weight excluding hydrogens is 1400 g/mol. The number of benzene rings is 11. The molecule has 10 nitrogen and oxygen atoms in total. The summed E-state index contributed by atoms with van der Waals surface area (Å²) in [6.07, 6.45) is 7.64. The molecule has 0 N–H and O–H groups in total. The van der Waals surface area contributed by atoms with E-state index in [1.807, 2.05) is 158 Å². The summed E-state index contributed by atoms with van der Waals surface area (Å²) in [6.45, 7) is 4.11. The Morgan fingerprint density at radius 3 is 1.45 bits per heavy atom. The molecule has 84 heavy (non-hydrogen) atoms. The van der Waals surface area contributed by atoms with Crippen molar-refractivity contribution in [2.45, 2.75) is 0 Å². The first-order chi connectivity index (χ1) is 40.6. The minimum absolute atomic E-state index is 0. The predicted molar refractivity (Wildman–Crippen MR) is 328 cm³/mol. The Hall–Kier alpha value is -9.72. The SMILES string of the molecule is [Pt].[Pt].[c-]1c(Oc2[c-]c3c(ccc4cccnc43)c3c2oc2ccccc23)cccc1N1C=CN(c2ccccc2)[CH-]1.[c-]1c(Oc2[c-]c3c(ccc4cccnc43)c3c2oc2ccccc23)cccc1N1[CH-]N(c2ccccc2)c2ccccc21. The minimum atomic E-state index is 0. The van der Waals surface area contributed by atoms with Gasteiger partial charge in [0, 0.05) is 99.5 Å². The van der Waals surface area contributed by atoms with E-state index < -0.39 is 0 Å². The quantitative estimate of drug-likeness (QED) is 0.108. The molecule has 11 aromatic carbocycles. The molecule has 0 saturated heterocycles. The zero-order chi connectivity index (χ0) is 54.1. The van der Waals surface area contributed by atoms with Crippen molar-refractivity contribution in [1.29, 1.82) is 0 Å². The molecule has 0 fully saturated rings. The first kappa shape index (κ1) is 52.4. The molecule has 2 aliphatic heterocycles. The van der Waals surface area contributed by atoms with Crippen LogP contribution in [-0.4, -0.2) is 9.97 Å². The number of hydrogen-bond donors (Lipinski definition) is 0. The van der Waals surface area contributed by atoms with Gasteiger partial charge in [0.25, 0.3) is 0 Å². The van der Waals surface area contributed by atoms with Crippen molar-refractivity contribution >= 4 is 121 Å². The van der Waals surface area contributed by atoms with Crippen LogP contribution in [0.3, 0.4) is 0 Å². The minimum Gasteiger partial charge on any atom is -0.500 e. The number of fused-ring (bicyclic) bond motifs is 15. The van der Waals surface area contributed by atoms with Crippen LogP contribution in [0.2, 0.25) is 0 Å². The van der Waals surface area contributed by atoms with Crippen LogP contribution >= 0.6 is 0 Å². The topological polar surface area (TPSA) is 83.5 Å². The molecule has 0 atom stereocenters. The van der Waals surface area contributed by atoms with Gasteiger partial charge in [0.2, 0.25) is 0 Å². The van der Waals surface area contributed by atoms with Crippen molar-refractivity contribution in [3.05, 3.63) is 281 Å². The number of furan rings is 2. The third-order valence-electron chi connectivity index (χ3n) is 15.0. The summed E-state index contributed by atoms with van der Waals surface area (Å²) in [5, 5.41) is 9.98. The number of pyridine rings is 2. The van der Waals surface area contributed by atoms with E-state index in [-0.39, 0.29) is 42.1 Å². The Bertz CT molecular complexity index is 5010. The van der Waals surface area contributed by atoms with Crippen LogP contribution in [0.4, 0.5) is 34.1 Å². The molecule has 0 bridgehead atoms. The largest absolute Gasteiger partial charge is 0.500 e. The molecule has 6 heterocycles. The van der Waals surface area contributed by atoms with E-state index in [0.717, 1.165) is 110 Å². The summed E-state index contributed by atoms with van der Waals surface area (Å²) in [5.41, 5.74) is 10.7. The zero-order valence-corrected chi connectivity index (χ0v) is 48.7. The Labute approximate surface area is 511 Å². The molecule has 2 aliphatic rings. The first-order valence-electron chi connectivity index (χ1n) is 26.8. The molecule has 0 radical (unpaired) electrons. The van der Waals surface area contributed by atoms with Crippen molar-refractivity contribution in [2.75, 3.05) is 19.6 Å².